The lowest BCUT2D eigenvalue weighted by Gasteiger charge is -2.21. The van der Waals surface area contributed by atoms with Gasteiger partial charge in [0.2, 0.25) is 0 Å². The second-order valence-corrected chi connectivity index (χ2v) is 17.9. The molecule has 0 heterocycles. The maximum Gasteiger partial charge on any atom is -0.00199 e. The topological polar surface area (TPSA) is 0 Å². The van der Waals surface area contributed by atoms with E-state index in [1.165, 1.54) is 143 Å². The minimum atomic E-state index is 1.20. The van der Waals surface area contributed by atoms with Crippen LogP contribution in [0.25, 0.3) is 143 Å². The lowest BCUT2D eigenvalue weighted by atomic mass is 9.82. The van der Waals surface area contributed by atoms with E-state index in [0.717, 1.165) is 0 Å². The van der Waals surface area contributed by atoms with E-state index < -0.39 is 0 Å². The molecule has 0 bridgehead atoms. The molecule has 0 fully saturated rings. The van der Waals surface area contributed by atoms with E-state index in [4.69, 9.17) is 0 Å². The van der Waals surface area contributed by atoms with Crippen molar-refractivity contribution in [1.29, 1.82) is 0 Å². The van der Waals surface area contributed by atoms with Crippen molar-refractivity contribution in [3.63, 3.8) is 0 Å². The van der Waals surface area contributed by atoms with Crippen molar-refractivity contribution in [2.45, 2.75) is 0 Å². The van der Waals surface area contributed by atoms with Crippen molar-refractivity contribution in [2.24, 2.45) is 0 Å². The molecule has 0 unspecified atom stereocenters. The third-order valence-corrected chi connectivity index (χ3v) is 14.3. The van der Waals surface area contributed by atoms with Crippen molar-refractivity contribution in [3.05, 3.63) is 243 Å². The summed E-state index contributed by atoms with van der Waals surface area (Å²) in [6.45, 7) is 0. The Bertz CT molecular complexity index is 4120. The van der Waals surface area contributed by atoms with Gasteiger partial charge in [0, 0.05) is 0 Å². The monoisotopic (exact) mass is 832 g/mol. The van der Waals surface area contributed by atoms with E-state index in [2.05, 4.69) is 243 Å². The molecule has 1 aliphatic carbocycles. The van der Waals surface area contributed by atoms with Gasteiger partial charge in [-0.05, 0) is 179 Å². The molecule has 13 aromatic rings. The molecular weight excluding hydrogens is 793 g/mol. The van der Waals surface area contributed by atoms with Crippen molar-refractivity contribution >= 4 is 64.6 Å². The van der Waals surface area contributed by atoms with Gasteiger partial charge >= 0.3 is 0 Å². The van der Waals surface area contributed by atoms with E-state index in [0.29, 0.717) is 0 Å². The van der Waals surface area contributed by atoms with Crippen LogP contribution in [0.2, 0.25) is 0 Å². The summed E-state index contributed by atoms with van der Waals surface area (Å²) >= 11 is 0. The summed E-state index contributed by atoms with van der Waals surface area (Å²) in [5.74, 6) is 0. The molecule has 304 valence electrons. The Hall–Kier alpha value is -8.58. The Labute approximate surface area is 383 Å². The molecule has 14 rings (SSSR count). The van der Waals surface area contributed by atoms with Crippen LogP contribution < -0.4 is 0 Å². The summed E-state index contributed by atoms with van der Waals surface area (Å²) in [5, 5.41) is 15.0. The number of hydrogen-bond acceptors (Lipinski definition) is 0. The van der Waals surface area contributed by atoms with E-state index in [9.17, 15) is 0 Å². The van der Waals surface area contributed by atoms with E-state index in [1.807, 2.05) is 0 Å². The van der Waals surface area contributed by atoms with Crippen LogP contribution >= 0.6 is 0 Å². The van der Waals surface area contributed by atoms with Gasteiger partial charge in [-0.3, -0.25) is 0 Å². The largest absolute Gasteiger partial charge is 0.0622 e. The van der Waals surface area contributed by atoms with Crippen LogP contribution in [-0.2, 0) is 0 Å². The Morgan fingerprint density at radius 1 is 0.167 bits per heavy atom. The Kier molecular flexibility index (Phi) is 8.08. The highest BCUT2D eigenvalue weighted by atomic mass is 14.3. The third kappa shape index (κ3) is 5.65. The highest BCUT2D eigenvalue weighted by molar-refractivity contribution is 6.25. The highest BCUT2D eigenvalue weighted by Crippen LogP contribution is 2.51. The normalized spacial score (nSPS) is 11.9. The second-order valence-electron chi connectivity index (χ2n) is 17.9. The van der Waals surface area contributed by atoms with Gasteiger partial charge in [-0.2, -0.15) is 0 Å². The van der Waals surface area contributed by atoms with Crippen LogP contribution in [0.3, 0.4) is 0 Å². The summed E-state index contributed by atoms with van der Waals surface area (Å²) in [4.78, 5) is 0. The molecule has 0 saturated carbocycles. The number of rotatable bonds is 5. The van der Waals surface area contributed by atoms with E-state index in [-0.39, 0.29) is 0 Å². The van der Waals surface area contributed by atoms with Gasteiger partial charge in [0.15, 0.2) is 0 Å². The van der Waals surface area contributed by atoms with Crippen LogP contribution in [0.15, 0.2) is 243 Å². The Morgan fingerprint density at radius 3 is 1.17 bits per heavy atom. The Balaban J connectivity index is 1.10. The molecule has 0 spiro atoms. The molecule has 0 heteroatoms. The smallest absolute Gasteiger partial charge is 0.00199 e. The minimum absolute atomic E-state index is 1.20. The van der Waals surface area contributed by atoms with Crippen LogP contribution in [0.5, 0.6) is 0 Å². The van der Waals surface area contributed by atoms with Gasteiger partial charge in [0.25, 0.3) is 0 Å². The van der Waals surface area contributed by atoms with Gasteiger partial charge in [-0.15, -0.1) is 0 Å². The average Bonchev–Trinajstić information content (AvgIpc) is 3.72. The zero-order valence-corrected chi connectivity index (χ0v) is 36.1. The molecule has 1 aliphatic rings. The van der Waals surface area contributed by atoms with E-state index in [1.54, 1.807) is 0 Å². The maximum atomic E-state index is 2.49. The predicted molar refractivity (Wildman–Crippen MR) is 283 cm³/mol. The molecule has 0 aliphatic heterocycles. The zero-order chi connectivity index (χ0) is 43.3. The molecule has 0 saturated heterocycles. The molecule has 0 radical (unpaired) electrons. The SMILES string of the molecule is c1ccc(-c2cc3ccccc3cc2-c2ccc3c(c2)c(-c2ccc4ccccc4c2)c(-c2ccc4ccccc4c2)c2cc(-c4ccc5c6c(cccc46)-c4ccccc4-5)ccc23)cc1. The summed E-state index contributed by atoms with van der Waals surface area (Å²) in [6, 6.07) is 90.8. The molecule has 66 heavy (non-hydrogen) atoms. The fourth-order valence-corrected chi connectivity index (χ4v) is 11.3. The van der Waals surface area contributed by atoms with Gasteiger partial charge in [0.05, 0.1) is 0 Å². The predicted octanol–water partition coefficient (Wildman–Crippen LogP) is 18.6. The minimum Gasteiger partial charge on any atom is -0.0622 e. The molecule has 0 aromatic heterocycles. The third-order valence-electron chi connectivity index (χ3n) is 14.3. The van der Waals surface area contributed by atoms with Crippen LogP contribution in [0.4, 0.5) is 0 Å². The lowest BCUT2D eigenvalue weighted by Crippen LogP contribution is -1.94. The first-order valence-electron chi connectivity index (χ1n) is 23.0. The average molecular weight is 833 g/mol. The van der Waals surface area contributed by atoms with Gasteiger partial charge < -0.3 is 0 Å². The molecule has 0 N–H and O–H groups in total. The summed E-state index contributed by atoms with van der Waals surface area (Å²) in [6.07, 6.45) is 0. The summed E-state index contributed by atoms with van der Waals surface area (Å²) < 4.78 is 0. The van der Waals surface area contributed by atoms with Crippen molar-refractivity contribution < 1.29 is 0 Å². The molecule has 0 atom stereocenters. The number of fused-ring (bicyclic) bond motifs is 9. The molecular formula is C66H40. The quantitative estimate of drug-likeness (QED) is 0.152. The molecule has 13 aromatic carbocycles. The second kappa shape index (κ2) is 14.5. The Morgan fingerprint density at radius 2 is 0.591 bits per heavy atom. The van der Waals surface area contributed by atoms with Gasteiger partial charge in [-0.1, -0.05) is 206 Å². The van der Waals surface area contributed by atoms with Crippen LogP contribution in [-0.4, -0.2) is 0 Å². The van der Waals surface area contributed by atoms with Gasteiger partial charge in [0.1, 0.15) is 0 Å². The first kappa shape index (κ1) is 36.9. The van der Waals surface area contributed by atoms with Crippen molar-refractivity contribution in [3.8, 4) is 77.9 Å². The number of benzene rings is 13. The standard InChI is InChI=1S/C66H40/c1-2-15-43(16-3-1)60-37-46-19-8-9-20-47(46)38-61(60)49-30-32-56-55-31-29-48(52-33-34-59-54-22-11-10-21-53(54)58-24-12-23-57(52)66(58)59)39-62(55)64(50-27-25-41-13-4-6-17-44(41)35-50)65(63(56)40-49)51-28-26-42-14-5-7-18-45(42)36-51/h1-40H. The fraction of sp³-hybridized carbons (Fsp3) is 0. The van der Waals surface area contributed by atoms with E-state index >= 15 is 0 Å². The molecule has 0 amide bonds. The van der Waals surface area contributed by atoms with Crippen LogP contribution in [0, 0.1) is 0 Å². The van der Waals surface area contributed by atoms with Crippen molar-refractivity contribution in [1.82, 2.24) is 0 Å². The molecule has 0 nitrogen and oxygen atoms in total. The highest BCUT2D eigenvalue weighted by Gasteiger charge is 2.24. The first-order valence-corrected chi connectivity index (χ1v) is 23.0. The zero-order valence-electron chi connectivity index (χ0n) is 36.1. The first-order chi connectivity index (χ1) is 32.7. The summed E-state index contributed by atoms with van der Waals surface area (Å²) in [7, 11) is 0. The summed E-state index contributed by atoms with van der Waals surface area (Å²) in [5.41, 5.74) is 17.5. The number of hydrogen-bond donors (Lipinski definition) is 0. The van der Waals surface area contributed by atoms with Crippen LogP contribution in [0.1, 0.15) is 0 Å². The fourth-order valence-electron chi connectivity index (χ4n) is 11.3. The maximum absolute atomic E-state index is 2.49. The lowest BCUT2D eigenvalue weighted by molar-refractivity contribution is 1.61. The van der Waals surface area contributed by atoms with Crippen molar-refractivity contribution in [2.75, 3.05) is 0 Å². The van der Waals surface area contributed by atoms with Gasteiger partial charge in [-0.25, -0.2) is 0 Å².